The number of nitrogens with zero attached hydrogens (tertiary/aromatic N) is 4. The molecule has 2 aromatic carbocycles. The van der Waals surface area contributed by atoms with Gasteiger partial charge in [-0.1, -0.05) is 48.5 Å². The van der Waals surface area contributed by atoms with Crippen LogP contribution in [0.2, 0.25) is 0 Å². The Balaban J connectivity index is 1.43. The van der Waals surface area contributed by atoms with E-state index < -0.39 is 0 Å². The van der Waals surface area contributed by atoms with Gasteiger partial charge in [-0.3, -0.25) is 9.97 Å². The van der Waals surface area contributed by atoms with Gasteiger partial charge in [-0.15, -0.1) is 0 Å². The molecule has 2 aromatic heterocycles. The monoisotopic (exact) mass is 422 g/mol. The van der Waals surface area contributed by atoms with E-state index in [1.165, 1.54) is 33.6 Å². The number of benzene rings is 2. The Morgan fingerprint density at radius 3 is 1.25 bits per heavy atom. The van der Waals surface area contributed by atoms with E-state index in [0.717, 1.165) is 24.2 Å². The van der Waals surface area contributed by atoms with E-state index in [1.807, 2.05) is 24.5 Å². The maximum Gasteiger partial charge on any atom is 0.0468 e. The van der Waals surface area contributed by atoms with Crippen LogP contribution >= 0.6 is 0 Å². The van der Waals surface area contributed by atoms with Crippen molar-refractivity contribution >= 4 is 11.4 Å². The molecule has 0 fully saturated rings. The van der Waals surface area contributed by atoms with Crippen molar-refractivity contribution in [3.8, 4) is 11.1 Å². The van der Waals surface area contributed by atoms with Gasteiger partial charge in [-0.2, -0.15) is 0 Å². The quantitative estimate of drug-likeness (QED) is 0.396. The molecule has 4 nitrogen and oxygen atoms in total. The minimum Gasteiger partial charge on any atom is -0.378 e. The number of anilines is 2. The summed E-state index contributed by atoms with van der Waals surface area (Å²) in [4.78, 5) is 13.3. The fourth-order valence-electron chi connectivity index (χ4n) is 3.73. The van der Waals surface area contributed by atoms with Crippen molar-refractivity contribution in [2.24, 2.45) is 0 Å². The van der Waals surface area contributed by atoms with Crippen LogP contribution in [-0.4, -0.2) is 38.2 Å². The van der Waals surface area contributed by atoms with Crippen LogP contribution in [0.1, 0.15) is 22.5 Å². The Kier molecular flexibility index (Phi) is 6.50. The van der Waals surface area contributed by atoms with Gasteiger partial charge in [0.05, 0.1) is 0 Å². The zero-order valence-electron chi connectivity index (χ0n) is 19.3. The molecule has 0 aliphatic rings. The zero-order chi connectivity index (χ0) is 22.5. The molecule has 0 radical (unpaired) electrons. The van der Waals surface area contributed by atoms with E-state index in [9.17, 15) is 0 Å². The van der Waals surface area contributed by atoms with Crippen molar-refractivity contribution in [1.29, 1.82) is 0 Å². The van der Waals surface area contributed by atoms with E-state index in [4.69, 9.17) is 0 Å². The second-order valence-corrected chi connectivity index (χ2v) is 8.55. The standard InChI is InChI=1S/C28H30N4/c1-31(2)27-13-15-29-25(19-27)17-21-5-9-23(10-6-21)24-11-7-22(8-12-24)18-26-20-28(32(3)4)14-16-30-26/h5-16,19-20H,17-18H2,1-4H3. The molecule has 0 aliphatic heterocycles. The van der Waals surface area contributed by atoms with E-state index in [1.54, 1.807) is 0 Å². The van der Waals surface area contributed by atoms with E-state index >= 15 is 0 Å². The van der Waals surface area contributed by atoms with Crippen molar-refractivity contribution in [2.45, 2.75) is 12.8 Å². The molecule has 0 aliphatic carbocycles. The highest BCUT2D eigenvalue weighted by molar-refractivity contribution is 5.64. The van der Waals surface area contributed by atoms with Gasteiger partial charge >= 0.3 is 0 Å². The summed E-state index contributed by atoms with van der Waals surface area (Å²) in [6, 6.07) is 25.9. The molecule has 0 bridgehead atoms. The number of hydrogen-bond acceptors (Lipinski definition) is 4. The lowest BCUT2D eigenvalue weighted by Crippen LogP contribution is -2.09. The van der Waals surface area contributed by atoms with Gasteiger partial charge in [0.15, 0.2) is 0 Å². The zero-order valence-corrected chi connectivity index (χ0v) is 19.3. The van der Waals surface area contributed by atoms with Crippen LogP contribution in [0.5, 0.6) is 0 Å². The second kappa shape index (κ2) is 9.65. The molecule has 4 heteroatoms. The lowest BCUT2D eigenvalue weighted by Gasteiger charge is -2.13. The maximum atomic E-state index is 4.52. The number of aromatic nitrogens is 2. The first-order valence-electron chi connectivity index (χ1n) is 10.9. The van der Waals surface area contributed by atoms with Crippen molar-refractivity contribution in [1.82, 2.24) is 9.97 Å². The minimum atomic E-state index is 0.833. The molecule has 0 saturated carbocycles. The Morgan fingerprint density at radius 1 is 0.531 bits per heavy atom. The van der Waals surface area contributed by atoms with Gasteiger partial charge in [0.25, 0.3) is 0 Å². The highest BCUT2D eigenvalue weighted by atomic mass is 15.1. The van der Waals surface area contributed by atoms with Crippen molar-refractivity contribution in [2.75, 3.05) is 38.0 Å². The maximum absolute atomic E-state index is 4.52. The molecule has 2 heterocycles. The molecule has 0 amide bonds. The van der Waals surface area contributed by atoms with Gasteiger partial charge in [0.2, 0.25) is 0 Å². The van der Waals surface area contributed by atoms with Gasteiger partial charge in [-0.25, -0.2) is 0 Å². The fraction of sp³-hybridized carbons (Fsp3) is 0.214. The van der Waals surface area contributed by atoms with Crippen molar-refractivity contribution < 1.29 is 0 Å². The second-order valence-electron chi connectivity index (χ2n) is 8.55. The third-order valence-corrected chi connectivity index (χ3v) is 5.64. The van der Waals surface area contributed by atoms with Crippen LogP contribution in [0.4, 0.5) is 11.4 Å². The Morgan fingerprint density at radius 2 is 0.906 bits per heavy atom. The van der Waals surface area contributed by atoms with Crippen LogP contribution in [0, 0.1) is 0 Å². The molecule has 0 atom stereocenters. The van der Waals surface area contributed by atoms with E-state index in [2.05, 4.69) is 109 Å². The number of rotatable bonds is 7. The first-order chi connectivity index (χ1) is 15.5. The molecule has 0 N–H and O–H groups in total. The molecule has 0 unspecified atom stereocenters. The minimum absolute atomic E-state index is 0.833. The molecule has 0 saturated heterocycles. The largest absolute Gasteiger partial charge is 0.378 e. The first kappa shape index (κ1) is 21.6. The van der Waals surface area contributed by atoms with Gasteiger partial charge in [-0.05, 0) is 46.5 Å². The Labute approximate surface area is 191 Å². The lowest BCUT2D eigenvalue weighted by molar-refractivity contribution is 1.05. The third kappa shape index (κ3) is 5.33. The summed E-state index contributed by atoms with van der Waals surface area (Å²) < 4.78 is 0. The predicted molar refractivity (Wildman–Crippen MR) is 135 cm³/mol. The molecule has 32 heavy (non-hydrogen) atoms. The van der Waals surface area contributed by atoms with Crippen LogP contribution in [-0.2, 0) is 12.8 Å². The molecule has 4 aromatic rings. The summed E-state index contributed by atoms with van der Waals surface area (Å²) in [5, 5.41) is 0. The normalized spacial score (nSPS) is 10.8. The highest BCUT2D eigenvalue weighted by Crippen LogP contribution is 2.23. The Bertz CT molecular complexity index is 1070. The first-order valence-corrected chi connectivity index (χ1v) is 10.9. The number of hydrogen-bond donors (Lipinski definition) is 0. The van der Waals surface area contributed by atoms with Crippen molar-refractivity contribution in [3.05, 3.63) is 108 Å². The molecule has 162 valence electrons. The van der Waals surface area contributed by atoms with Crippen LogP contribution in [0.25, 0.3) is 11.1 Å². The van der Waals surface area contributed by atoms with Gasteiger partial charge in [0.1, 0.15) is 0 Å². The summed E-state index contributed by atoms with van der Waals surface area (Å²) in [5.41, 5.74) is 9.50. The average molecular weight is 423 g/mol. The van der Waals surface area contributed by atoms with Crippen LogP contribution in [0.3, 0.4) is 0 Å². The topological polar surface area (TPSA) is 32.3 Å². The lowest BCUT2D eigenvalue weighted by atomic mass is 9.99. The molecule has 0 spiro atoms. The third-order valence-electron chi connectivity index (χ3n) is 5.64. The smallest absolute Gasteiger partial charge is 0.0468 e. The summed E-state index contributed by atoms with van der Waals surface area (Å²) in [5.74, 6) is 0. The van der Waals surface area contributed by atoms with Gasteiger partial charge < -0.3 is 9.80 Å². The SMILES string of the molecule is CN(C)c1ccnc(Cc2ccc(-c3ccc(Cc4cc(N(C)C)ccn4)cc3)cc2)c1. The summed E-state index contributed by atoms with van der Waals surface area (Å²) in [6.45, 7) is 0. The highest BCUT2D eigenvalue weighted by Gasteiger charge is 2.05. The van der Waals surface area contributed by atoms with Gasteiger partial charge in [0, 0.05) is 76.2 Å². The van der Waals surface area contributed by atoms with E-state index in [-0.39, 0.29) is 0 Å². The summed E-state index contributed by atoms with van der Waals surface area (Å²) in [7, 11) is 8.21. The molecule has 4 rings (SSSR count). The fourth-order valence-corrected chi connectivity index (χ4v) is 3.73. The predicted octanol–water partition coefficient (Wildman–Crippen LogP) is 5.46. The van der Waals surface area contributed by atoms with Crippen LogP contribution < -0.4 is 9.80 Å². The summed E-state index contributed by atoms with van der Waals surface area (Å²) >= 11 is 0. The Hall–Kier alpha value is -3.66. The van der Waals surface area contributed by atoms with Crippen LogP contribution in [0.15, 0.2) is 85.2 Å². The average Bonchev–Trinajstić information content (AvgIpc) is 2.80. The van der Waals surface area contributed by atoms with E-state index in [0.29, 0.717) is 0 Å². The molecular weight excluding hydrogens is 392 g/mol. The molecular formula is C28H30N4. The number of pyridine rings is 2. The van der Waals surface area contributed by atoms with Crippen molar-refractivity contribution in [3.63, 3.8) is 0 Å². The summed E-state index contributed by atoms with van der Waals surface area (Å²) in [6.07, 6.45) is 5.43.